The lowest BCUT2D eigenvalue weighted by Crippen LogP contribution is -2.03. The van der Waals surface area contributed by atoms with E-state index < -0.39 is 0 Å². The Morgan fingerprint density at radius 3 is 3.14 bits per heavy atom. The van der Waals surface area contributed by atoms with Crippen molar-refractivity contribution in [3.05, 3.63) is 21.4 Å². The number of rotatable bonds is 3. The fourth-order valence-corrected chi connectivity index (χ4v) is 2.84. The van der Waals surface area contributed by atoms with Gasteiger partial charge in [0.1, 0.15) is 4.88 Å². The molecule has 0 fully saturated rings. The number of esters is 1. The lowest BCUT2D eigenvalue weighted by Gasteiger charge is -1.99. The molecule has 14 heavy (non-hydrogen) atoms. The Labute approximate surface area is 87.9 Å². The predicted octanol–water partition coefficient (Wildman–Crippen LogP) is 2.80. The van der Waals surface area contributed by atoms with Gasteiger partial charge in [0.25, 0.3) is 0 Å². The maximum atomic E-state index is 11.5. The molecule has 0 aromatic carbocycles. The molecule has 0 bridgehead atoms. The zero-order valence-electron chi connectivity index (χ0n) is 8.34. The van der Waals surface area contributed by atoms with Gasteiger partial charge in [0.15, 0.2) is 0 Å². The average Bonchev–Trinajstić information content (AvgIpc) is 2.72. The summed E-state index contributed by atoms with van der Waals surface area (Å²) in [5, 5.41) is 0. The van der Waals surface area contributed by atoms with E-state index in [-0.39, 0.29) is 5.97 Å². The van der Waals surface area contributed by atoms with E-state index in [4.69, 9.17) is 4.74 Å². The molecule has 0 N–H and O–H groups in total. The van der Waals surface area contributed by atoms with Crippen molar-refractivity contribution in [3.8, 4) is 0 Å². The summed E-state index contributed by atoms with van der Waals surface area (Å²) in [5.41, 5.74) is 1.36. The van der Waals surface area contributed by atoms with Crippen LogP contribution in [0.15, 0.2) is 6.07 Å². The Balaban J connectivity index is 2.06. The van der Waals surface area contributed by atoms with Crippen LogP contribution < -0.4 is 0 Å². The van der Waals surface area contributed by atoms with Crippen molar-refractivity contribution in [1.29, 1.82) is 0 Å². The molecule has 0 saturated carbocycles. The number of thiophene rings is 1. The SMILES string of the molecule is CCCOC(=O)c1cc2c(s1)CCC2. The van der Waals surface area contributed by atoms with Gasteiger partial charge in [0, 0.05) is 4.88 Å². The minimum atomic E-state index is -0.147. The Bertz CT molecular complexity index is 320. The molecule has 1 aromatic heterocycles. The molecule has 76 valence electrons. The quantitative estimate of drug-likeness (QED) is 0.717. The molecule has 0 radical (unpaired) electrons. The maximum Gasteiger partial charge on any atom is 0.348 e. The third-order valence-corrected chi connectivity index (χ3v) is 3.60. The average molecular weight is 210 g/mol. The zero-order chi connectivity index (χ0) is 9.97. The summed E-state index contributed by atoms with van der Waals surface area (Å²) < 4.78 is 5.09. The second-order valence-corrected chi connectivity index (χ2v) is 4.69. The van der Waals surface area contributed by atoms with E-state index in [0.717, 1.165) is 24.1 Å². The van der Waals surface area contributed by atoms with Crippen molar-refractivity contribution in [1.82, 2.24) is 0 Å². The summed E-state index contributed by atoms with van der Waals surface area (Å²) in [6.45, 7) is 2.53. The van der Waals surface area contributed by atoms with Gasteiger partial charge in [-0.25, -0.2) is 4.79 Å². The van der Waals surface area contributed by atoms with Crippen LogP contribution in [0.5, 0.6) is 0 Å². The Hall–Kier alpha value is -0.830. The molecular formula is C11H14O2S. The molecule has 0 amide bonds. The highest BCUT2D eigenvalue weighted by atomic mass is 32.1. The minimum Gasteiger partial charge on any atom is -0.462 e. The molecule has 1 heterocycles. The molecule has 2 rings (SSSR count). The summed E-state index contributed by atoms with van der Waals surface area (Å²) in [7, 11) is 0. The fourth-order valence-electron chi connectivity index (χ4n) is 1.70. The number of hydrogen-bond donors (Lipinski definition) is 0. The van der Waals surface area contributed by atoms with Gasteiger partial charge >= 0.3 is 5.97 Å². The van der Waals surface area contributed by atoms with E-state index >= 15 is 0 Å². The number of hydrogen-bond acceptors (Lipinski definition) is 3. The van der Waals surface area contributed by atoms with Crippen molar-refractivity contribution >= 4 is 17.3 Å². The lowest BCUT2D eigenvalue weighted by atomic mass is 10.2. The molecule has 1 aliphatic rings. The summed E-state index contributed by atoms with van der Waals surface area (Å²) in [6, 6.07) is 2.00. The molecule has 3 heteroatoms. The Kier molecular flexibility index (Phi) is 2.87. The zero-order valence-corrected chi connectivity index (χ0v) is 9.15. The van der Waals surface area contributed by atoms with Crippen molar-refractivity contribution in [3.63, 3.8) is 0 Å². The van der Waals surface area contributed by atoms with Crippen LogP contribution in [0.2, 0.25) is 0 Å². The van der Waals surface area contributed by atoms with Crippen molar-refractivity contribution in [2.75, 3.05) is 6.61 Å². The van der Waals surface area contributed by atoms with Crippen LogP contribution in [0.4, 0.5) is 0 Å². The third kappa shape index (κ3) is 1.82. The van der Waals surface area contributed by atoms with Gasteiger partial charge in [-0.05, 0) is 37.3 Å². The molecule has 2 nitrogen and oxygen atoms in total. The normalized spacial score (nSPS) is 14.1. The van der Waals surface area contributed by atoms with E-state index in [0.29, 0.717) is 6.61 Å². The van der Waals surface area contributed by atoms with Crippen LogP contribution >= 0.6 is 11.3 Å². The van der Waals surface area contributed by atoms with Gasteiger partial charge in [-0.1, -0.05) is 6.92 Å². The van der Waals surface area contributed by atoms with Gasteiger partial charge in [-0.2, -0.15) is 0 Å². The first-order valence-corrected chi connectivity index (χ1v) is 5.91. The first-order chi connectivity index (χ1) is 6.81. The summed E-state index contributed by atoms with van der Waals surface area (Å²) in [5.74, 6) is -0.147. The highest BCUT2D eigenvalue weighted by Gasteiger charge is 2.18. The van der Waals surface area contributed by atoms with Crippen LogP contribution in [0.3, 0.4) is 0 Å². The summed E-state index contributed by atoms with van der Waals surface area (Å²) in [4.78, 5) is 13.7. The third-order valence-electron chi connectivity index (χ3n) is 2.39. The van der Waals surface area contributed by atoms with Crippen LogP contribution in [-0.2, 0) is 17.6 Å². The summed E-state index contributed by atoms with van der Waals surface area (Å²) >= 11 is 1.61. The largest absolute Gasteiger partial charge is 0.462 e. The van der Waals surface area contributed by atoms with Gasteiger partial charge in [-0.15, -0.1) is 11.3 Å². The smallest absolute Gasteiger partial charge is 0.348 e. The summed E-state index contributed by atoms with van der Waals surface area (Å²) in [6.07, 6.45) is 4.40. The monoisotopic (exact) mass is 210 g/mol. The standard InChI is InChI=1S/C11H14O2S/c1-2-6-13-11(12)10-7-8-4-3-5-9(8)14-10/h7H,2-6H2,1H3. The Morgan fingerprint density at radius 2 is 2.43 bits per heavy atom. The first-order valence-electron chi connectivity index (χ1n) is 5.10. The molecule has 0 unspecified atom stereocenters. The molecule has 0 atom stereocenters. The molecule has 0 saturated heterocycles. The second-order valence-electron chi connectivity index (χ2n) is 3.55. The van der Waals surface area contributed by atoms with Crippen molar-refractivity contribution in [2.24, 2.45) is 0 Å². The van der Waals surface area contributed by atoms with E-state index in [2.05, 4.69) is 0 Å². The van der Waals surface area contributed by atoms with E-state index in [1.807, 2.05) is 13.0 Å². The fraction of sp³-hybridized carbons (Fsp3) is 0.545. The highest BCUT2D eigenvalue weighted by Crippen LogP contribution is 2.30. The molecule has 0 spiro atoms. The van der Waals surface area contributed by atoms with Crippen LogP contribution in [0.25, 0.3) is 0 Å². The molecule has 1 aliphatic carbocycles. The number of fused-ring (bicyclic) bond motifs is 1. The lowest BCUT2D eigenvalue weighted by molar-refractivity contribution is 0.0511. The minimum absolute atomic E-state index is 0.147. The topological polar surface area (TPSA) is 26.3 Å². The van der Waals surface area contributed by atoms with Crippen LogP contribution in [0.1, 0.15) is 39.9 Å². The van der Waals surface area contributed by atoms with Gasteiger partial charge in [0.05, 0.1) is 6.61 Å². The van der Waals surface area contributed by atoms with E-state index in [9.17, 15) is 4.79 Å². The van der Waals surface area contributed by atoms with Crippen molar-refractivity contribution in [2.45, 2.75) is 32.6 Å². The maximum absolute atomic E-state index is 11.5. The van der Waals surface area contributed by atoms with E-state index in [1.54, 1.807) is 11.3 Å². The molecule has 0 aliphatic heterocycles. The highest BCUT2D eigenvalue weighted by molar-refractivity contribution is 7.14. The van der Waals surface area contributed by atoms with Gasteiger partial charge in [-0.3, -0.25) is 0 Å². The van der Waals surface area contributed by atoms with Crippen molar-refractivity contribution < 1.29 is 9.53 Å². The Morgan fingerprint density at radius 1 is 1.57 bits per heavy atom. The number of aryl methyl sites for hydroxylation is 2. The number of carbonyl (C=O) groups is 1. The second kappa shape index (κ2) is 4.13. The first kappa shape index (κ1) is 9.71. The molecule has 1 aromatic rings. The molecular weight excluding hydrogens is 196 g/mol. The van der Waals surface area contributed by atoms with E-state index in [1.165, 1.54) is 16.9 Å². The van der Waals surface area contributed by atoms with Gasteiger partial charge < -0.3 is 4.74 Å². The van der Waals surface area contributed by atoms with Crippen LogP contribution in [-0.4, -0.2) is 12.6 Å². The van der Waals surface area contributed by atoms with Crippen LogP contribution in [0, 0.1) is 0 Å². The number of carbonyl (C=O) groups excluding carboxylic acids is 1. The number of ether oxygens (including phenoxy) is 1. The van der Waals surface area contributed by atoms with Gasteiger partial charge in [0.2, 0.25) is 0 Å². The predicted molar refractivity (Wildman–Crippen MR) is 56.9 cm³/mol.